The van der Waals surface area contributed by atoms with Crippen molar-refractivity contribution in [2.24, 2.45) is 0 Å². The third-order valence-electron chi connectivity index (χ3n) is 4.19. The molecule has 0 aliphatic carbocycles. The second kappa shape index (κ2) is 8.40. The Morgan fingerprint density at radius 2 is 1.78 bits per heavy atom. The molecule has 2 aromatic rings. The first-order valence-electron chi connectivity index (χ1n) is 8.96. The Bertz CT molecular complexity index is 867. The summed E-state index contributed by atoms with van der Waals surface area (Å²) in [5, 5.41) is 9.28. The molecule has 1 amide bonds. The summed E-state index contributed by atoms with van der Waals surface area (Å²) in [6.07, 6.45) is 0. The summed E-state index contributed by atoms with van der Waals surface area (Å²) in [6.45, 7) is 5.41. The van der Waals surface area contributed by atoms with Gasteiger partial charge in [-0.05, 0) is 38.1 Å². The summed E-state index contributed by atoms with van der Waals surface area (Å²) < 4.78 is 5.27. The van der Waals surface area contributed by atoms with Crippen molar-refractivity contribution >= 4 is 23.1 Å². The zero-order valence-electron chi connectivity index (χ0n) is 15.5. The van der Waals surface area contributed by atoms with Crippen molar-refractivity contribution in [2.45, 2.75) is 13.8 Å². The van der Waals surface area contributed by atoms with Crippen LogP contribution in [0.4, 0.5) is 5.69 Å². The van der Waals surface area contributed by atoms with E-state index in [9.17, 15) is 9.59 Å². The highest BCUT2D eigenvalue weighted by Crippen LogP contribution is 2.29. The average molecular weight is 365 g/mol. The predicted octanol–water partition coefficient (Wildman–Crippen LogP) is 2.67. The lowest BCUT2D eigenvalue weighted by Gasteiger charge is -2.16. The number of nitrogens with one attached hydrogen (secondary N) is 3. The number of esters is 1. The molecule has 2 aromatic carbocycles. The standard InChI is InChI=1S/C21H23N3O3/c1-3-27-21(26)18(19-22-11-12-23-19)16-13-14(2)9-10-17(16)24-20(25)15-7-5-4-6-8-15/h4-10,13,22-23H,3,11-12H2,1-2H3,(H,24,25). The van der Waals surface area contributed by atoms with Gasteiger partial charge in [-0.25, -0.2) is 4.79 Å². The largest absolute Gasteiger partial charge is 0.462 e. The van der Waals surface area contributed by atoms with Crippen molar-refractivity contribution in [2.75, 3.05) is 25.0 Å². The monoisotopic (exact) mass is 365 g/mol. The van der Waals surface area contributed by atoms with Crippen molar-refractivity contribution in [3.8, 4) is 0 Å². The van der Waals surface area contributed by atoms with Crippen LogP contribution in [0.3, 0.4) is 0 Å². The van der Waals surface area contributed by atoms with E-state index in [1.807, 2.05) is 37.3 Å². The van der Waals surface area contributed by atoms with E-state index >= 15 is 0 Å². The lowest BCUT2D eigenvalue weighted by atomic mass is 10.0. The van der Waals surface area contributed by atoms with Gasteiger partial charge in [0.25, 0.3) is 5.91 Å². The van der Waals surface area contributed by atoms with Gasteiger partial charge in [0.05, 0.1) is 6.61 Å². The van der Waals surface area contributed by atoms with E-state index in [-0.39, 0.29) is 12.5 Å². The fourth-order valence-electron chi connectivity index (χ4n) is 2.92. The fraction of sp³-hybridized carbons (Fsp3) is 0.238. The van der Waals surface area contributed by atoms with Gasteiger partial charge in [-0.1, -0.05) is 29.8 Å². The number of hydrogen-bond acceptors (Lipinski definition) is 5. The molecular weight excluding hydrogens is 342 g/mol. The molecule has 6 heteroatoms. The zero-order valence-corrected chi connectivity index (χ0v) is 15.5. The first kappa shape index (κ1) is 18.5. The van der Waals surface area contributed by atoms with Gasteiger partial charge in [0.15, 0.2) is 0 Å². The smallest absolute Gasteiger partial charge is 0.342 e. The topological polar surface area (TPSA) is 79.5 Å². The summed E-state index contributed by atoms with van der Waals surface area (Å²) in [6, 6.07) is 14.5. The number of benzene rings is 2. The number of anilines is 1. The summed E-state index contributed by atoms with van der Waals surface area (Å²) in [5.41, 5.74) is 3.09. The van der Waals surface area contributed by atoms with Crippen LogP contribution in [0.1, 0.15) is 28.4 Å². The van der Waals surface area contributed by atoms with Crippen LogP contribution in [-0.2, 0) is 9.53 Å². The van der Waals surface area contributed by atoms with Crippen LogP contribution >= 0.6 is 0 Å². The quantitative estimate of drug-likeness (QED) is 0.561. The van der Waals surface area contributed by atoms with Crippen LogP contribution in [0.15, 0.2) is 54.4 Å². The number of hydrogen-bond donors (Lipinski definition) is 3. The Hall–Kier alpha value is -3.28. The van der Waals surface area contributed by atoms with Crippen molar-refractivity contribution in [3.63, 3.8) is 0 Å². The van der Waals surface area contributed by atoms with E-state index in [0.717, 1.165) is 18.7 Å². The number of rotatable bonds is 5. The van der Waals surface area contributed by atoms with Gasteiger partial charge in [-0.2, -0.15) is 0 Å². The Balaban J connectivity index is 2.03. The van der Waals surface area contributed by atoms with Gasteiger partial charge in [0, 0.05) is 29.9 Å². The number of aryl methyl sites for hydroxylation is 1. The molecule has 0 atom stereocenters. The summed E-state index contributed by atoms with van der Waals surface area (Å²) in [4.78, 5) is 25.3. The Morgan fingerprint density at radius 1 is 1.07 bits per heavy atom. The Kier molecular flexibility index (Phi) is 5.76. The number of amides is 1. The maximum Gasteiger partial charge on any atom is 0.342 e. The lowest BCUT2D eigenvalue weighted by Crippen LogP contribution is -2.21. The van der Waals surface area contributed by atoms with Crippen molar-refractivity contribution in [3.05, 3.63) is 71.0 Å². The summed E-state index contributed by atoms with van der Waals surface area (Å²) in [7, 11) is 0. The third-order valence-corrected chi connectivity index (χ3v) is 4.19. The maximum atomic E-state index is 12.7. The molecule has 1 saturated heterocycles. The second-order valence-corrected chi connectivity index (χ2v) is 6.19. The SMILES string of the molecule is CCOC(=O)C(=C1NCCN1)c1cc(C)ccc1NC(=O)c1ccccc1. The third kappa shape index (κ3) is 4.28. The molecule has 1 aliphatic heterocycles. The lowest BCUT2D eigenvalue weighted by molar-refractivity contribution is -0.136. The van der Waals surface area contributed by atoms with Gasteiger partial charge >= 0.3 is 5.97 Å². The molecule has 27 heavy (non-hydrogen) atoms. The van der Waals surface area contributed by atoms with Crippen LogP contribution in [0.2, 0.25) is 0 Å². The van der Waals surface area contributed by atoms with E-state index in [4.69, 9.17) is 4.74 Å². The molecule has 0 spiro atoms. The molecule has 1 heterocycles. The van der Waals surface area contributed by atoms with Crippen LogP contribution in [-0.4, -0.2) is 31.6 Å². The first-order valence-corrected chi connectivity index (χ1v) is 8.96. The molecule has 0 bridgehead atoms. The molecule has 6 nitrogen and oxygen atoms in total. The summed E-state index contributed by atoms with van der Waals surface area (Å²) in [5.74, 6) is -0.0503. The molecule has 1 aliphatic rings. The van der Waals surface area contributed by atoms with Gasteiger partial charge < -0.3 is 20.7 Å². The van der Waals surface area contributed by atoms with E-state index in [2.05, 4.69) is 16.0 Å². The molecule has 1 fully saturated rings. The number of ether oxygens (including phenoxy) is 1. The average Bonchev–Trinajstić information content (AvgIpc) is 3.19. The minimum atomic E-state index is -0.435. The highest BCUT2D eigenvalue weighted by molar-refractivity contribution is 6.20. The van der Waals surface area contributed by atoms with Gasteiger partial charge in [-0.3, -0.25) is 4.79 Å². The van der Waals surface area contributed by atoms with Crippen LogP contribution in [0, 0.1) is 6.92 Å². The van der Waals surface area contributed by atoms with Crippen molar-refractivity contribution < 1.29 is 14.3 Å². The van der Waals surface area contributed by atoms with Crippen molar-refractivity contribution in [1.82, 2.24) is 10.6 Å². The van der Waals surface area contributed by atoms with Gasteiger partial charge in [-0.15, -0.1) is 0 Å². The summed E-state index contributed by atoms with van der Waals surface area (Å²) >= 11 is 0. The molecule has 3 N–H and O–H groups in total. The van der Waals surface area contributed by atoms with E-state index in [0.29, 0.717) is 28.2 Å². The second-order valence-electron chi connectivity index (χ2n) is 6.19. The molecule has 0 unspecified atom stereocenters. The minimum absolute atomic E-state index is 0.235. The van der Waals surface area contributed by atoms with Gasteiger partial charge in [0.1, 0.15) is 11.4 Å². The predicted molar refractivity (Wildman–Crippen MR) is 105 cm³/mol. The van der Waals surface area contributed by atoms with Crippen LogP contribution in [0.25, 0.3) is 5.57 Å². The molecule has 0 radical (unpaired) electrons. The zero-order chi connectivity index (χ0) is 19.2. The fourth-order valence-corrected chi connectivity index (χ4v) is 2.92. The van der Waals surface area contributed by atoms with Gasteiger partial charge in [0.2, 0.25) is 0 Å². The van der Waals surface area contributed by atoms with Crippen LogP contribution in [0.5, 0.6) is 0 Å². The highest BCUT2D eigenvalue weighted by Gasteiger charge is 2.24. The number of carbonyl (C=O) groups excluding carboxylic acids is 2. The molecule has 3 rings (SSSR count). The van der Waals surface area contributed by atoms with E-state index in [1.165, 1.54) is 0 Å². The Morgan fingerprint density at radius 3 is 2.44 bits per heavy atom. The van der Waals surface area contributed by atoms with E-state index in [1.54, 1.807) is 25.1 Å². The molecule has 0 saturated carbocycles. The molecular formula is C21H23N3O3. The first-order chi connectivity index (χ1) is 13.1. The number of carbonyl (C=O) groups is 2. The van der Waals surface area contributed by atoms with Crippen LogP contribution < -0.4 is 16.0 Å². The maximum absolute atomic E-state index is 12.7. The minimum Gasteiger partial charge on any atom is -0.462 e. The molecule has 0 aromatic heterocycles. The van der Waals surface area contributed by atoms with Crippen molar-refractivity contribution in [1.29, 1.82) is 0 Å². The van der Waals surface area contributed by atoms with E-state index < -0.39 is 5.97 Å². The highest BCUT2D eigenvalue weighted by atomic mass is 16.5. The Labute approximate surface area is 158 Å². The normalized spacial score (nSPS) is 12.7. The molecule has 140 valence electrons.